The molecule has 3 aromatic rings. The summed E-state index contributed by atoms with van der Waals surface area (Å²) in [5.41, 5.74) is 0.236. The molecule has 0 spiro atoms. The number of pyridine rings is 1. The highest BCUT2D eigenvalue weighted by molar-refractivity contribution is 5.92. The molecule has 4 rings (SSSR count). The lowest BCUT2D eigenvalue weighted by atomic mass is 9.97. The molecule has 1 aliphatic carbocycles. The number of rotatable bonds is 6. The second-order valence-corrected chi connectivity index (χ2v) is 10.6. The summed E-state index contributed by atoms with van der Waals surface area (Å²) in [6.07, 6.45) is 8.05. The predicted molar refractivity (Wildman–Crippen MR) is 134 cm³/mol. The van der Waals surface area contributed by atoms with Gasteiger partial charge in [0.2, 0.25) is 5.75 Å². The fourth-order valence-corrected chi connectivity index (χ4v) is 4.72. The highest BCUT2D eigenvalue weighted by atomic mass is 16.7. The number of hydrogen-bond acceptors (Lipinski definition) is 7. The van der Waals surface area contributed by atoms with Crippen molar-refractivity contribution >= 4 is 23.1 Å². The van der Waals surface area contributed by atoms with Crippen LogP contribution in [-0.2, 0) is 16.8 Å². The van der Waals surface area contributed by atoms with Crippen LogP contribution >= 0.6 is 0 Å². The van der Waals surface area contributed by atoms with Crippen molar-refractivity contribution in [2.24, 2.45) is 5.41 Å². The van der Waals surface area contributed by atoms with Crippen molar-refractivity contribution in [3.05, 3.63) is 52.2 Å². The molecule has 1 amide bonds. The maximum atomic E-state index is 12.9. The van der Waals surface area contributed by atoms with E-state index < -0.39 is 17.5 Å². The maximum Gasteiger partial charge on any atom is 0.514 e. The lowest BCUT2D eigenvalue weighted by molar-refractivity contribution is 0.0676. The van der Waals surface area contributed by atoms with Gasteiger partial charge in [0.25, 0.3) is 11.3 Å². The average Bonchev–Trinajstić information content (AvgIpc) is 3.44. The van der Waals surface area contributed by atoms with Gasteiger partial charge in [0.05, 0.1) is 24.9 Å². The van der Waals surface area contributed by atoms with Crippen molar-refractivity contribution in [1.29, 1.82) is 0 Å². The Bertz CT molecular complexity index is 1340. The van der Waals surface area contributed by atoms with E-state index in [1.54, 1.807) is 6.20 Å². The van der Waals surface area contributed by atoms with Crippen LogP contribution in [0.25, 0.3) is 11.0 Å². The first-order valence-corrected chi connectivity index (χ1v) is 12.1. The van der Waals surface area contributed by atoms with Crippen LogP contribution in [0.1, 0.15) is 62.5 Å². The summed E-state index contributed by atoms with van der Waals surface area (Å²) in [4.78, 5) is 42.4. The number of carbonyl (C=O) groups excluding carboxylic acids is 2. The highest BCUT2D eigenvalue weighted by Crippen LogP contribution is 2.41. The Labute approximate surface area is 209 Å². The first-order valence-electron chi connectivity index (χ1n) is 12.1. The molecule has 0 radical (unpaired) electrons. The smallest absolute Gasteiger partial charge is 0.433 e. The molecule has 1 aliphatic rings. The number of aryl methyl sites for hydroxylation is 1. The predicted octanol–water partition coefficient (Wildman–Crippen LogP) is 3.79. The quantitative estimate of drug-likeness (QED) is 0.517. The molecule has 0 atom stereocenters. The molecule has 0 bridgehead atoms. The van der Waals surface area contributed by atoms with E-state index in [0.29, 0.717) is 6.54 Å². The number of aromatic nitrogens is 4. The summed E-state index contributed by atoms with van der Waals surface area (Å²) in [5, 5.41) is 7.86. The van der Waals surface area contributed by atoms with Gasteiger partial charge in [0.15, 0.2) is 5.69 Å². The lowest BCUT2D eigenvalue weighted by Crippen LogP contribution is -2.38. The van der Waals surface area contributed by atoms with Gasteiger partial charge in [-0.2, -0.15) is 5.10 Å². The summed E-state index contributed by atoms with van der Waals surface area (Å²) >= 11 is 0. The minimum Gasteiger partial charge on any atom is -0.433 e. The molecule has 1 fully saturated rings. The van der Waals surface area contributed by atoms with Crippen molar-refractivity contribution in [2.45, 2.75) is 65.5 Å². The number of hydrogen-bond donors (Lipinski definition) is 1. The van der Waals surface area contributed by atoms with Crippen LogP contribution in [-0.4, -0.2) is 45.0 Å². The molecule has 36 heavy (non-hydrogen) atoms. The zero-order chi connectivity index (χ0) is 26.1. The molecular weight excluding hydrogens is 462 g/mol. The van der Waals surface area contributed by atoms with Crippen LogP contribution in [0.5, 0.6) is 5.75 Å². The Kier molecular flexibility index (Phi) is 6.88. The summed E-state index contributed by atoms with van der Waals surface area (Å²) < 4.78 is 14.1. The topological polar surface area (TPSA) is 117 Å². The summed E-state index contributed by atoms with van der Waals surface area (Å²) in [7, 11) is 1.41. The molecule has 10 heteroatoms. The molecule has 3 aromatic heterocycles. The van der Waals surface area contributed by atoms with E-state index in [9.17, 15) is 14.4 Å². The van der Waals surface area contributed by atoms with Crippen molar-refractivity contribution in [2.75, 3.05) is 13.7 Å². The number of carbonyl (C=O) groups is 2. The van der Waals surface area contributed by atoms with E-state index in [0.717, 1.165) is 42.3 Å². The van der Waals surface area contributed by atoms with Gasteiger partial charge in [-0.3, -0.25) is 14.3 Å². The summed E-state index contributed by atoms with van der Waals surface area (Å²) in [5.74, 6) is -0.964. The Morgan fingerprint density at radius 1 is 1.19 bits per heavy atom. The van der Waals surface area contributed by atoms with E-state index in [4.69, 9.17) is 9.47 Å². The standard InChI is InChI=1S/C26H33N5O5/c1-17-13-31(22-18(17)9-8-12-28-22)26(10-6-7-11-26)15-30-14-19(21(32)20(29-30)23(33)27-5)36-24(34)35-16-25(2,3)4/h8-9,12-14H,6-7,10-11,15-16H2,1-5H3,(H,27,33). The molecule has 10 nitrogen and oxygen atoms in total. The SMILES string of the molecule is CNC(=O)c1nn(CC2(n3cc(C)c4cccnc43)CCCC2)cc(OC(=O)OCC(C)(C)C)c1=O. The highest BCUT2D eigenvalue weighted by Gasteiger charge is 2.38. The minimum atomic E-state index is -1.01. The van der Waals surface area contributed by atoms with Gasteiger partial charge in [-0.25, -0.2) is 9.78 Å². The van der Waals surface area contributed by atoms with Gasteiger partial charge in [-0.15, -0.1) is 0 Å². The van der Waals surface area contributed by atoms with Crippen LogP contribution in [0, 0.1) is 12.3 Å². The van der Waals surface area contributed by atoms with Crippen molar-refractivity contribution in [3.8, 4) is 5.75 Å². The average molecular weight is 496 g/mol. The number of fused-ring (bicyclic) bond motifs is 1. The molecule has 3 heterocycles. The number of amides is 1. The Hall–Kier alpha value is -3.69. The molecule has 0 saturated heterocycles. The zero-order valence-electron chi connectivity index (χ0n) is 21.5. The summed E-state index contributed by atoms with van der Waals surface area (Å²) in [6, 6.07) is 3.97. The number of ether oxygens (including phenoxy) is 2. The van der Waals surface area contributed by atoms with Gasteiger partial charge < -0.3 is 19.4 Å². The molecule has 192 valence electrons. The maximum absolute atomic E-state index is 12.9. The van der Waals surface area contributed by atoms with E-state index in [1.807, 2.05) is 32.9 Å². The number of nitrogens with zero attached hydrogens (tertiary/aromatic N) is 4. The third-order valence-electron chi connectivity index (χ3n) is 6.46. The monoisotopic (exact) mass is 495 g/mol. The number of nitrogens with one attached hydrogen (secondary N) is 1. The molecule has 1 N–H and O–H groups in total. The molecular formula is C26H33N5O5. The van der Waals surface area contributed by atoms with E-state index in [2.05, 4.69) is 33.1 Å². The third kappa shape index (κ3) is 5.12. The van der Waals surface area contributed by atoms with E-state index >= 15 is 0 Å². The zero-order valence-corrected chi connectivity index (χ0v) is 21.5. The Balaban J connectivity index is 1.74. The second kappa shape index (κ2) is 9.75. The Morgan fingerprint density at radius 3 is 2.58 bits per heavy atom. The fourth-order valence-electron chi connectivity index (χ4n) is 4.72. The second-order valence-electron chi connectivity index (χ2n) is 10.6. The minimum absolute atomic E-state index is 0.115. The Morgan fingerprint density at radius 2 is 1.92 bits per heavy atom. The van der Waals surface area contributed by atoms with Crippen LogP contribution < -0.4 is 15.5 Å². The van der Waals surface area contributed by atoms with Gasteiger partial charge in [0, 0.05) is 24.8 Å². The van der Waals surface area contributed by atoms with Crippen molar-refractivity contribution in [3.63, 3.8) is 0 Å². The summed E-state index contributed by atoms with van der Waals surface area (Å²) in [6.45, 7) is 8.26. The van der Waals surface area contributed by atoms with E-state index in [-0.39, 0.29) is 29.0 Å². The largest absolute Gasteiger partial charge is 0.514 e. The van der Waals surface area contributed by atoms with Crippen LogP contribution in [0.2, 0.25) is 0 Å². The van der Waals surface area contributed by atoms with Crippen molar-refractivity contribution in [1.82, 2.24) is 24.6 Å². The molecule has 1 saturated carbocycles. The molecule has 0 aliphatic heterocycles. The normalized spacial score (nSPS) is 15.1. The van der Waals surface area contributed by atoms with Gasteiger partial charge in [0.1, 0.15) is 5.65 Å². The first-order chi connectivity index (χ1) is 17.0. The van der Waals surface area contributed by atoms with Crippen molar-refractivity contribution < 1.29 is 19.1 Å². The van der Waals surface area contributed by atoms with Gasteiger partial charge >= 0.3 is 6.16 Å². The third-order valence-corrected chi connectivity index (χ3v) is 6.46. The fraction of sp³-hybridized carbons (Fsp3) is 0.500. The van der Waals surface area contributed by atoms with Gasteiger partial charge in [-0.05, 0) is 42.9 Å². The van der Waals surface area contributed by atoms with Gasteiger partial charge in [-0.1, -0.05) is 33.6 Å². The molecule has 0 aromatic carbocycles. The molecule has 0 unspecified atom stereocenters. The van der Waals surface area contributed by atoms with Crippen LogP contribution in [0.3, 0.4) is 0 Å². The lowest BCUT2D eigenvalue weighted by Gasteiger charge is -2.32. The first kappa shape index (κ1) is 25.4. The van der Waals surface area contributed by atoms with Crippen LogP contribution in [0.15, 0.2) is 35.5 Å². The van der Waals surface area contributed by atoms with Crippen LogP contribution in [0.4, 0.5) is 4.79 Å². The van der Waals surface area contributed by atoms with E-state index in [1.165, 1.54) is 17.9 Å².